The van der Waals surface area contributed by atoms with E-state index in [0.29, 0.717) is 17.3 Å². The Morgan fingerprint density at radius 2 is 1.88 bits per heavy atom. The van der Waals surface area contributed by atoms with Crippen LogP contribution in [0.3, 0.4) is 0 Å². The van der Waals surface area contributed by atoms with Gasteiger partial charge in [0.15, 0.2) is 6.10 Å². The minimum atomic E-state index is -0.860. The number of benzene rings is 1. The van der Waals surface area contributed by atoms with E-state index in [2.05, 4.69) is 9.88 Å². The number of nitrogens with one attached hydrogen (secondary N) is 1. The van der Waals surface area contributed by atoms with Crippen LogP contribution >= 0.6 is 0 Å². The van der Waals surface area contributed by atoms with Crippen molar-refractivity contribution < 1.29 is 14.3 Å². The first-order valence-electron chi connectivity index (χ1n) is 8.22. The largest absolute Gasteiger partial charge is 0.449 e. The zero-order valence-electron chi connectivity index (χ0n) is 14.2. The van der Waals surface area contributed by atoms with Gasteiger partial charge < -0.3 is 14.6 Å². The summed E-state index contributed by atoms with van der Waals surface area (Å²) >= 11 is 0. The molecule has 3 rings (SSSR count). The molecule has 1 aromatic heterocycles. The van der Waals surface area contributed by atoms with Crippen molar-refractivity contribution in [2.45, 2.75) is 45.8 Å². The number of nitrogens with zero attached hydrogens (tertiary/aromatic N) is 1. The zero-order valence-corrected chi connectivity index (χ0v) is 14.2. The molecule has 0 radical (unpaired) electrons. The van der Waals surface area contributed by atoms with E-state index < -0.39 is 12.1 Å². The van der Waals surface area contributed by atoms with Crippen LogP contribution in [-0.2, 0) is 9.53 Å². The minimum Gasteiger partial charge on any atom is -0.449 e. The Hall–Kier alpha value is -2.56. The summed E-state index contributed by atoms with van der Waals surface area (Å²) in [5.41, 5.74) is 3.19. The number of esters is 1. The topological polar surface area (TPSA) is 60.3 Å². The first kappa shape index (κ1) is 16.3. The van der Waals surface area contributed by atoms with Crippen molar-refractivity contribution in [1.29, 1.82) is 0 Å². The van der Waals surface area contributed by atoms with Gasteiger partial charge in [-0.1, -0.05) is 18.2 Å². The summed E-state index contributed by atoms with van der Waals surface area (Å²) in [5, 5.41) is 2.74. The maximum absolute atomic E-state index is 12.4. The Labute approximate surface area is 141 Å². The summed E-state index contributed by atoms with van der Waals surface area (Å²) < 4.78 is 7.54. The van der Waals surface area contributed by atoms with Gasteiger partial charge in [0.1, 0.15) is 0 Å². The lowest BCUT2D eigenvalue weighted by Gasteiger charge is -2.14. The number of para-hydroxylation sites is 1. The summed E-state index contributed by atoms with van der Waals surface area (Å²) in [5.74, 6) is -0.795. The highest BCUT2D eigenvalue weighted by Gasteiger charge is 2.29. The van der Waals surface area contributed by atoms with Crippen LogP contribution in [0, 0.1) is 13.8 Å². The molecule has 5 heteroatoms. The van der Waals surface area contributed by atoms with Gasteiger partial charge in [-0.15, -0.1) is 0 Å². The predicted octanol–water partition coefficient (Wildman–Crippen LogP) is 3.62. The van der Waals surface area contributed by atoms with Crippen molar-refractivity contribution in [2.24, 2.45) is 0 Å². The predicted molar refractivity (Wildman–Crippen MR) is 92.1 cm³/mol. The number of carbonyl (C=O) groups is 2. The lowest BCUT2D eigenvalue weighted by molar-refractivity contribution is -0.123. The van der Waals surface area contributed by atoms with Gasteiger partial charge in [-0.05, 0) is 51.8 Å². The smallest absolute Gasteiger partial charge is 0.340 e. The number of amides is 1. The van der Waals surface area contributed by atoms with Crippen LogP contribution in [-0.4, -0.2) is 22.5 Å². The van der Waals surface area contributed by atoms with Crippen LogP contribution in [0.25, 0.3) is 0 Å². The molecule has 1 aliphatic rings. The quantitative estimate of drug-likeness (QED) is 0.854. The summed E-state index contributed by atoms with van der Waals surface area (Å²) in [6.45, 7) is 5.50. The second-order valence-corrected chi connectivity index (χ2v) is 6.29. The average molecular weight is 326 g/mol. The summed E-state index contributed by atoms with van der Waals surface area (Å²) in [4.78, 5) is 24.6. The van der Waals surface area contributed by atoms with E-state index in [1.165, 1.54) is 0 Å². The number of aromatic nitrogens is 1. The van der Waals surface area contributed by atoms with E-state index in [1.807, 2.05) is 38.1 Å². The van der Waals surface area contributed by atoms with E-state index in [1.54, 1.807) is 19.1 Å². The minimum absolute atomic E-state index is 0.342. The molecule has 1 unspecified atom stereocenters. The van der Waals surface area contributed by atoms with E-state index in [4.69, 9.17) is 4.74 Å². The van der Waals surface area contributed by atoms with Gasteiger partial charge in [-0.3, -0.25) is 4.79 Å². The normalized spacial score (nSPS) is 15.0. The molecule has 1 heterocycles. The highest BCUT2D eigenvalue weighted by atomic mass is 16.5. The number of rotatable bonds is 5. The third-order valence-corrected chi connectivity index (χ3v) is 4.31. The van der Waals surface area contributed by atoms with Crippen molar-refractivity contribution in [3.05, 3.63) is 53.3 Å². The monoisotopic (exact) mass is 326 g/mol. The summed E-state index contributed by atoms with van der Waals surface area (Å²) in [6, 6.07) is 11.5. The Morgan fingerprint density at radius 3 is 2.50 bits per heavy atom. The first-order valence-corrected chi connectivity index (χ1v) is 8.22. The van der Waals surface area contributed by atoms with Gasteiger partial charge >= 0.3 is 5.97 Å². The van der Waals surface area contributed by atoms with Gasteiger partial charge in [0, 0.05) is 23.1 Å². The number of hydrogen-bond acceptors (Lipinski definition) is 3. The van der Waals surface area contributed by atoms with Crippen LogP contribution in [0.15, 0.2) is 36.4 Å². The highest BCUT2D eigenvalue weighted by molar-refractivity contribution is 5.97. The Morgan fingerprint density at radius 1 is 1.21 bits per heavy atom. The Balaban J connectivity index is 1.66. The molecule has 5 nitrogen and oxygen atoms in total. The third kappa shape index (κ3) is 3.35. The van der Waals surface area contributed by atoms with Crippen LogP contribution in [0.5, 0.6) is 0 Å². The molecular formula is C19H22N2O3. The lowest BCUT2D eigenvalue weighted by atomic mass is 10.2. The van der Waals surface area contributed by atoms with E-state index in [0.717, 1.165) is 24.2 Å². The van der Waals surface area contributed by atoms with Gasteiger partial charge in [-0.2, -0.15) is 0 Å². The summed E-state index contributed by atoms with van der Waals surface area (Å²) in [6.07, 6.45) is 1.45. The molecule has 1 aromatic carbocycles. The number of carbonyl (C=O) groups excluding carboxylic acids is 2. The van der Waals surface area contributed by atoms with Crippen LogP contribution in [0.1, 0.15) is 47.6 Å². The standard InChI is InChI=1S/C19H22N2O3/c1-12-11-17(13(2)21(12)16-9-10-16)19(23)24-14(3)18(22)20-15-7-5-4-6-8-15/h4-8,11,14,16H,9-10H2,1-3H3,(H,20,22). The van der Waals surface area contributed by atoms with E-state index in [9.17, 15) is 9.59 Å². The number of anilines is 1. The van der Waals surface area contributed by atoms with Gasteiger partial charge in [0.2, 0.25) is 0 Å². The SMILES string of the molecule is Cc1cc(C(=O)OC(C)C(=O)Nc2ccccc2)c(C)n1C1CC1. The lowest BCUT2D eigenvalue weighted by Crippen LogP contribution is -2.30. The summed E-state index contributed by atoms with van der Waals surface area (Å²) in [7, 11) is 0. The van der Waals surface area contributed by atoms with Crippen molar-refractivity contribution in [3.8, 4) is 0 Å². The second kappa shape index (κ2) is 6.51. The van der Waals surface area contributed by atoms with Crippen molar-refractivity contribution in [3.63, 3.8) is 0 Å². The van der Waals surface area contributed by atoms with Crippen LogP contribution in [0.4, 0.5) is 5.69 Å². The Bertz CT molecular complexity index is 760. The maximum atomic E-state index is 12.4. The molecule has 2 aromatic rings. The van der Waals surface area contributed by atoms with E-state index in [-0.39, 0.29) is 5.91 Å². The number of ether oxygens (including phenoxy) is 1. The molecule has 1 atom stereocenters. The molecule has 24 heavy (non-hydrogen) atoms. The van der Waals surface area contributed by atoms with Gasteiger partial charge in [0.05, 0.1) is 5.56 Å². The number of aryl methyl sites for hydroxylation is 1. The molecular weight excluding hydrogens is 304 g/mol. The molecule has 1 fully saturated rings. The molecule has 0 bridgehead atoms. The molecule has 1 amide bonds. The van der Waals surface area contributed by atoms with Crippen molar-refractivity contribution >= 4 is 17.6 Å². The fourth-order valence-corrected chi connectivity index (χ4v) is 2.92. The van der Waals surface area contributed by atoms with Crippen molar-refractivity contribution in [1.82, 2.24) is 4.57 Å². The third-order valence-electron chi connectivity index (χ3n) is 4.31. The average Bonchev–Trinajstić information content (AvgIpc) is 3.33. The zero-order chi connectivity index (χ0) is 17.3. The molecule has 1 saturated carbocycles. The molecule has 1 aliphatic carbocycles. The molecule has 126 valence electrons. The van der Waals surface area contributed by atoms with Crippen LogP contribution in [0.2, 0.25) is 0 Å². The fraction of sp³-hybridized carbons (Fsp3) is 0.368. The fourth-order valence-electron chi connectivity index (χ4n) is 2.92. The Kier molecular flexibility index (Phi) is 4.42. The highest BCUT2D eigenvalue weighted by Crippen LogP contribution is 2.38. The molecule has 0 spiro atoms. The second-order valence-electron chi connectivity index (χ2n) is 6.29. The first-order chi connectivity index (χ1) is 11.5. The number of hydrogen-bond donors (Lipinski definition) is 1. The van der Waals surface area contributed by atoms with Crippen molar-refractivity contribution in [2.75, 3.05) is 5.32 Å². The van der Waals surface area contributed by atoms with Crippen LogP contribution < -0.4 is 5.32 Å². The maximum Gasteiger partial charge on any atom is 0.340 e. The molecule has 1 N–H and O–H groups in total. The van der Waals surface area contributed by atoms with Gasteiger partial charge in [-0.25, -0.2) is 4.79 Å². The van der Waals surface area contributed by atoms with E-state index >= 15 is 0 Å². The van der Waals surface area contributed by atoms with Gasteiger partial charge in [0.25, 0.3) is 5.91 Å². The molecule has 0 aliphatic heterocycles. The molecule has 0 saturated heterocycles.